The van der Waals surface area contributed by atoms with Gasteiger partial charge in [-0.2, -0.15) is 0 Å². The van der Waals surface area contributed by atoms with Gasteiger partial charge in [0.15, 0.2) is 0 Å². The molecule has 3 nitrogen and oxygen atoms in total. The smallest absolute Gasteiger partial charge is 0.246 e. The van der Waals surface area contributed by atoms with E-state index in [9.17, 15) is 14.3 Å². The summed E-state index contributed by atoms with van der Waals surface area (Å²) in [5, 5.41) is 9.30. The average Bonchev–Trinajstić information content (AvgIpc) is 2.73. The van der Waals surface area contributed by atoms with Crippen molar-refractivity contribution in [2.45, 2.75) is 12.5 Å². The monoisotopic (exact) mass is 235 g/mol. The van der Waals surface area contributed by atoms with Crippen LogP contribution in [-0.4, -0.2) is 35.1 Å². The maximum atomic E-state index is 12.9. The first-order valence-electron chi connectivity index (χ1n) is 5.56. The number of rotatable bonds is 2. The maximum absolute atomic E-state index is 12.9. The lowest BCUT2D eigenvalue weighted by atomic mass is 10.2. The minimum absolute atomic E-state index is 0.147. The van der Waals surface area contributed by atoms with E-state index in [0.717, 1.165) is 0 Å². The van der Waals surface area contributed by atoms with Gasteiger partial charge in [-0.3, -0.25) is 4.79 Å². The molecule has 0 aromatic heterocycles. The van der Waals surface area contributed by atoms with Crippen LogP contribution in [0.5, 0.6) is 0 Å². The number of likely N-dealkylation sites (tertiary alicyclic amines) is 1. The number of aliphatic hydroxyl groups is 1. The van der Waals surface area contributed by atoms with Crippen molar-refractivity contribution in [3.05, 3.63) is 41.7 Å². The first-order valence-corrected chi connectivity index (χ1v) is 5.56. The molecule has 1 aromatic carbocycles. The molecule has 1 atom stereocenters. The topological polar surface area (TPSA) is 40.5 Å². The zero-order valence-corrected chi connectivity index (χ0v) is 9.34. The molecular weight excluding hydrogens is 221 g/mol. The van der Waals surface area contributed by atoms with Crippen molar-refractivity contribution < 1.29 is 14.3 Å². The molecule has 0 saturated carbocycles. The second kappa shape index (κ2) is 5.10. The molecule has 1 heterocycles. The lowest BCUT2D eigenvalue weighted by Gasteiger charge is -2.12. The molecule has 1 aliphatic heterocycles. The molecule has 0 bridgehead atoms. The molecule has 0 spiro atoms. The van der Waals surface area contributed by atoms with E-state index in [1.54, 1.807) is 23.1 Å². The zero-order valence-electron chi connectivity index (χ0n) is 9.34. The Balaban J connectivity index is 1.98. The van der Waals surface area contributed by atoms with Gasteiger partial charge < -0.3 is 10.0 Å². The van der Waals surface area contributed by atoms with Gasteiger partial charge in [-0.05, 0) is 30.2 Å². The molecule has 17 heavy (non-hydrogen) atoms. The van der Waals surface area contributed by atoms with Gasteiger partial charge in [-0.1, -0.05) is 12.1 Å². The van der Waals surface area contributed by atoms with Crippen LogP contribution in [0, 0.1) is 5.82 Å². The van der Waals surface area contributed by atoms with Crippen LogP contribution in [0.4, 0.5) is 4.39 Å². The highest BCUT2D eigenvalue weighted by Gasteiger charge is 2.22. The van der Waals surface area contributed by atoms with Crippen LogP contribution in [0.15, 0.2) is 30.3 Å². The Morgan fingerprint density at radius 1 is 1.53 bits per heavy atom. The second-order valence-corrected chi connectivity index (χ2v) is 4.12. The molecule has 90 valence electrons. The Morgan fingerprint density at radius 2 is 2.35 bits per heavy atom. The second-order valence-electron chi connectivity index (χ2n) is 4.12. The summed E-state index contributed by atoms with van der Waals surface area (Å²) in [6.07, 6.45) is 3.20. The van der Waals surface area contributed by atoms with E-state index >= 15 is 0 Å². The van der Waals surface area contributed by atoms with Gasteiger partial charge in [0.2, 0.25) is 5.91 Å². The lowest BCUT2D eigenvalue weighted by Crippen LogP contribution is -2.27. The van der Waals surface area contributed by atoms with E-state index in [0.29, 0.717) is 25.1 Å². The normalized spacial score (nSPS) is 20.1. The minimum Gasteiger partial charge on any atom is -0.391 e. The average molecular weight is 235 g/mol. The first kappa shape index (κ1) is 11.8. The molecule has 2 rings (SSSR count). The Bertz CT molecular complexity index is 445. The molecule has 1 amide bonds. The van der Waals surface area contributed by atoms with Crippen molar-refractivity contribution >= 4 is 12.0 Å². The number of carbonyl (C=O) groups is 1. The number of aliphatic hydroxyl groups excluding tert-OH is 1. The van der Waals surface area contributed by atoms with Crippen molar-refractivity contribution in [2.24, 2.45) is 0 Å². The summed E-state index contributed by atoms with van der Waals surface area (Å²) >= 11 is 0. The van der Waals surface area contributed by atoms with Crippen LogP contribution in [0.1, 0.15) is 12.0 Å². The molecule has 4 heteroatoms. The fourth-order valence-corrected chi connectivity index (χ4v) is 1.83. The summed E-state index contributed by atoms with van der Waals surface area (Å²) in [6, 6.07) is 6.05. The van der Waals surface area contributed by atoms with Gasteiger partial charge in [0, 0.05) is 19.2 Å². The summed E-state index contributed by atoms with van der Waals surface area (Å²) < 4.78 is 12.9. The van der Waals surface area contributed by atoms with Crippen LogP contribution in [0.2, 0.25) is 0 Å². The van der Waals surface area contributed by atoms with Crippen LogP contribution < -0.4 is 0 Å². The number of nitrogens with zero attached hydrogens (tertiary/aromatic N) is 1. The highest BCUT2D eigenvalue weighted by atomic mass is 19.1. The van der Waals surface area contributed by atoms with Gasteiger partial charge in [0.1, 0.15) is 5.82 Å². The predicted octanol–water partition coefficient (Wildman–Crippen LogP) is 1.43. The standard InChI is InChI=1S/C13H14FNO2/c14-11-3-1-2-10(8-11)4-5-13(17)15-7-6-12(16)9-15/h1-5,8,12,16H,6-7,9H2. The van der Waals surface area contributed by atoms with Crippen LogP contribution >= 0.6 is 0 Å². The van der Waals surface area contributed by atoms with E-state index < -0.39 is 6.10 Å². The first-order chi connectivity index (χ1) is 8.15. The Morgan fingerprint density at radius 3 is 3.00 bits per heavy atom. The Hall–Kier alpha value is -1.68. The molecule has 1 unspecified atom stereocenters. The van der Waals surface area contributed by atoms with Gasteiger partial charge in [-0.15, -0.1) is 0 Å². The van der Waals surface area contributed by atoms with Crippen molar-refractivity contribution in [3.8, 4) is 0 Å². The van der Waals surface area contributed by atoms with Gasteiger partial charge in [0.05, 0.1) is 6.10 Å². The number of hydrogen-bond acceptors (Lipinski definition) is 2. The molecule has 1 fully saturated rings. The molecule has 0 radical (unpaired) electrons. The summed E-state index contributed by atoms with van der Waals surface area (Å²) in [6.45, 7) is 0.958. The number of hydrogen-bond donors (Lipinski definition) is 1. The fourth-order valence-electron chi connectivity index (χ4n) is 1.83. The zero-order chi connectivity index (χ0) is 12.3. The number of β-amino-alcohol motifs (C(OH)–C–C–N with tert-alkyl or cyclic N) is 1. The summed E-state index contributed by atoms with van der Waals surface area (Å²) in [5.41, 5.74) is 0.651. The van der Waals surface area contributed by atoms with Crippen LogP contribution in [0.25, 0.3) is 6.08 Å². The molecule has 1 aromatic rings. The lowest BCUT2D eigenvalue weighted by molar-refractivity contribution is -0.125. The maximum Gasteiger partial charge on any atom is 0.246 e. The van der Waals surface area contributed by atoms with Gasteiger partial charge >= 0.3 is 0 Å². The van der Waals surface area contributed by atoms with E-state index in [4.69, 9.17) is 0 Å². The van der Waals surface area contributed by atoms with E-state index in [1.165, 1.54) is 18.2 Å². The molecule has 0 aliphatic carbocycles. The van der Waals surface area contributed by atoms with Gasteiger partial charge in [-0.25, -0.2) is 4.39 Å². The number of carbonyl (C=O) groups excluding carboxylic acids is 1. The van der Waals surface area contributed by atoms with E-state index in [-0.39, 0.29) is 11.7 Å². The largest absolute Gasteiger partial charge is 0.391 e. The van der Waals surface area contributed by atoms with Crippen molar-refractivity contribution in [1.82, 2.24) is 4.90 Å². The van der Waals surface area contributed by atoms with E-state index in [1.807, 2.05) is 0 Å². The highest BCUT2D eigenvalue weighted by Crippen LogP contribution is 2.10. The molecule has 1 saturated heterocycles. The predicted molar refractivity (Wildman–Crippen MR) is 62.6 cm³/mol. The SMILES string of the molecule is O=C(C=Cc1cccc(F)c1)N1CCC(O)C1. The Labute approximate surface area is 99.2 Å². The Kier molecular flexibility index (Phi) is 3.54. The molecule has 1 aliphatic rings. The number of amides is 1. The highest BCUT2D eigenvalue weighted by molar-refractivity contribution is 5.91. The van der Waals surface area contributed by atoms with Gasteiger partial charge in [0.25, 0.3) is 0 Å². The van der Waals surface area contributed by atoms with Crippen molar-refractivity contribution in [1.29, 1.82) is 0 Å². The third-order valence-electron chi connectivity index (χ3n) is 2.74. The third-order valence-corrected chi connectivity index (χ3v) is 2.74. The minimum atomic E-state index is -0.415. The molecule has 1 N–H and O–H groups in total. The number of benzene rings is 1. The third kappa shape index (κ3) is 3.14. The molecular formula is C13H14FNO2. The quantitative estimate of drug-likeness (QED) is 0.788. The summed E-state index contributed by atoms with van der Waals surface area (Å²) in [5.74, 6) is -0.470. The van der Waals surface area contributed by atoms with E-state index in [2.05, 4.69) is 0 Å². The van der Waals surface area contributed by atoms with Crippen LogP contribution in [-0.2, 0) is 4.79 Å². The fraction of sp³-hybridized carbons (Fsp3) is 0.308. The van der Waals surface area contributed by atoms with Crippen molar-refractivity contribution in [2.75, 3.05) is 13.1 Å². The van der Waals surface area contributed by atoms with Crippen molar-refractivity contribution in [3.63, 3.8) is 0 Å². The summed E-state index contributed by atoms with van der Waals surface area (Å²) in [7, 11) is 0. The van der Waals surface area contributed by atoms with Crippen LogP contribution in [0.3, 0.4) is 0 Å². The summed E-state index contributed by atoms with van der Waals surface area (Å²) in [4.78, 5) is 13.3. The number of halogens is 1.